The van der Waals surface area contributed by atoms with Crippen LogP contribution in [0.2, 0.25) is 0 Å². The van der Waals surface area contributed by atoms with Crippen molar-refractivity contribution in [3.8, 4) is 11.5 Å². The second-order valence-electron chi connectivity index (χ2n) is 5.70. The maximum atomic E-state index is 12.7. The number of hydrogen-bond donors (Lipinski definition) is 0. The van der Waals surface area contributed by atoms with Gasteiger partial charge < -0.3 is 9.47 Å². The Morgan fingerprint density at radius 2 is 1.87 bits per heavy atom. The molecule has 0 saturated heterocycles. The van der Waals surface area contributed by atoms with Crippen molar-refractivity contribution in [3.05, 3.63) is 29.8 Å². The van der Waals surface area contributed by atoms with E-state index < -0.39 is 10.0 Å². The van der Waals surface area contributed by atoms with Gasteiger partial charge in [-0.3, -0.25) is 0 Å². The standard InChI is InChI=1S/C17H25NO4S/c1-18(12-11-14-7-5-4-6-8-14)23(19,20)15-9-10-16(21-2)17(13-15)22-3/h7,9-10,13H,4-6,8,11-12H2,1-3H3. The fourth-order valence-corrected chi connectivity index (χ4v) is 3.90. The van der Waals surface area contributed by atoms with E-state index in [-0.39, 0.29) is 4.90 Å². The molecule has 0 fully saturated rings. The topological polar surface area (TPSA) is 55.8 Å². The monoisotopic (exact) mass is 339 g/mol. The number of hydrogen-bond acceptors (Lipinski definition) is 4. The summed E-state index contributed by atoms with van der Waals surface area (Å²) in [6.07, 6.45) is 7.69. The van der Waals surface area contributed by atoms with Gasteiger partial charge in [0.1, 0.15) is 0 Å². The van der Waals surface area contributed by atoms with Crippen molar-refractivity contribution >= 4 is 10.0 Å². The molecular weight excluding hydrogens is 314 g/mol. The van der Waals surface area contributed by atoms with E-state index in [1.54, 1.807) is 19.2 Å². The number of allylic oxidation sites excluding steroid dienone is 1. The molecule has 1 aromatic carbocycles. The van der Waals surface area contributed by atoms with Crippen LogP contribution in [0.15, 0.2) is 34.7 Å². The lowest BCUT2D eigenvalue weighted by atomic mass is 9.97. The second-order valence-corrected chi connectivity index (χ2v) is 7.75. The molecule has 0 unspecified atom stereocenters. The minimum Gasteiger partial charge on any atom is -0.493 e. The Kier molecular flexibility index (Phi) is 6.07. The average Bonchev–Trinajstić information content (AvgIpc) is 2.59. The minimum absolute atomic E-state index is 0.218. The van der Waals surface area contributed by atoms with E-state index >= 15 is 0 Å². The van der Waals surface area contributed by atoms with Crippen LogP contribution >= 0.6 is 0 Å². The number of sulfonamides is 1. The Hall–Kier alpha value is -1.53. The van der Waals surface area contributed by atoms with Crippen LogP contribution in [0.5, 0.6) is 11.5 Å². The van der Waals surface area contributed by atoms with Gasteiger partial charge in [-0.1, -0.05) is 11.6 Å². The first-order chi connectivity index (χ1) is 11.0. The van der Waals surface area contributed by atoms with Crippen LogP contribution in [-0.4, -0.2) is 40.5 Å². The molecule has 0 aliphatic heterocycles. The Morgan fingerprint density at radius 1 is 1.13 bits per heavy atom. The van der Waals surface area contributed by atoms with E-state index in [0.717, 1.165) is 19.3 Å². The van der Waals surface area contributed by atoms with E-state index in [2.05, 4.69) is 6.08 Å². The lowest BCUT2D eigenvalue weighted by molar-refractivity contribution is 0.353. The molecule has 23 heavy (non-hydrogen) atoms. The molecule has 6 heteroatoms. The molecule has 1 aliphatic carbocycles. The smallest absolute Gasteiger partial charge is 0.242 e. The van der Waals surface area contributed by atoms with E-state index in [0.29, 0.717) is 18.0 Å². The summed E-state index contributed by atoms with van der Waals surface area (Å²) < 4.78 is 37.1. The van der Waals surface area contributed by atoms with Gasteiger partial charge in [0, 0.05) is 19.7 Å². The molecule has 0 spiro atoms. The number of rotatable bonds is 7. The Labute approximate surface area is 138 Å². The minimum atomic E-state index is -3.53. The Balaban J connectivity index is 2.11. The number of nitrogens with zero attached hydrogens (tertiary/aromatic N) is 1. The molecule has 1 aliphatic rings. The van der Waals surface area contributed by atoms with Crippen molar-refractivity contribution in [1.82, 2.24) is 4.31 Å². The van der Waals surface area contributed by atoms with Crippen molar-refractivity contribution in [2.24, 2.45) is 0 Å². The van der Waals surface area contributed by atoms with Crippen LogP contribution in [0.4, 0.5) is 0 Å². The molecule has 0 bridgehead atoms. The third-order valence-corrected chi connectivity index (χ3v) is 6.05. The molecule has 128 valence electrons. The molecule has 0 N–H and O–H groups in total. The van der Waals surface area contributed by atoms with Crippen LogP contribution in [-0.2, 0) is 10.0 Å². The van der Waals surface area contributed by atoms with Crippen LogP contribution in [0.25, 0.3) is 0 Å². The second kappa shape index (κ2) is 7.84. The maximum Gasteiger partial charge on any atom is 0.242 e. The van der Waals surface area contributed by atoms with Gasteiger partial charge in [0.2, 0.25) is 10.0 Å². The van der Waals surface area contributed by atoms with E-state index in [1.807, 2.05) is 0 Å². The molecule has 0 radical (unpaired) electrons. The number of ether oxygens (including phenoxy) is 2. The molecule has 1 aromatic rings. The normalized spacial score (nSPS) is 15.4. The lowest BCUT2D eigenvalue weighted by Gasteiger charge is -2.20. The summed E-state index contributed by atoms with van der Waals surface area (Å²) in [4.78, 5) is 0.218. The molecule has 0 atom stereocenters. The highest BCUT2D eigenvalue weighted by Crippen LogP contribution is 2.30. The molecule has 5 nitrogen and oxygen atoms in total. The van der Waals surface area contributed by atoms with Crippen molar-refractivity contribution in [2.45, 2.75) is 37.0 Å². The molecule has 0 heterocycles. The molecule has 2 rings (SSSR count). The predicted octanol–water partition coefficient (Wildman–Crippen LogP) is 3.21. The first-order valence-electron chi connectivity index (χ1n) is 7.85. The van der Waals surface area contributed by atoms with Gasteiger partial charge in [-0.05, 0) is 44.2 Å². The van der Waals surface area contributed by atoms with Gasteiger partial charge in [-0.25, -0.2) is 12.7 Å². The summed E-state index contributed by atoms with van der Waals surface area (Å²) in [6.45, 7) is 0.489. The van der Waals surface area contributed by atoms with E-state index in [9.17, 15) is 8.42 Å². The fourth-order valence-electron chi connectivity index (χ4n) is 2.71. The zero-order valence-corrected chi connectivity index (χ0v) is 14.9. The summed E-state index contributed by atoms with van der Waals surface area (Å²) in [5, 5.41) is 0. The van der Waals surface area contributed by atoms with E-state index in [4.69, 9.17) is 9.47 Å². The van der Waals surface area contributed by atoms with Gasteiger partial charge in [0.15, 0.2) is 11.5 Å². The quantitative estimate of drug-likeness (QED) is 0.716. The maximum absolute atomic E-state index is 12.7. The SMILES string of the molecule is COc1ccc(S(=O)(=O)N(C)CCC2=CCCCC2)cc1OC. The third-order valence-electron chi connectivity index (χ3n) is 4.20. The Bertz CT molecular complexity index is 667. The van der Waals surface area contributed by atoms with Gasteiger partial charge in [-0.15, -0.1) is 0 Å². The van der Waals surface area contributed by atoms with Crippen molar-refractivity contribution in [1.29, 1.82) is 0 Å². The van der Waals surface area contributed by atoms with Crippen LogP contribution in [0.1, 0.15) is 32.1 Å². The first kappa shape index (κ1) is 17.8. The molecular formula is C17H25NO4S. The summed E-state index contributed by atoms with van der Waals surface area (Å²) in [6, 6.07) is 4.67. The number of benzene rings is 1. The van der Waals surface area contributed by atoms with Gasteiger partial charge in [0.05, 0.1) is 19.1 Å². The molecule has 0 amide bonds. The van der Waals surface area contributed by atoms with Crippen molar-refractivity contribution in [2.75, 3.05) is 27.8 Å². The largest absolute Gasteiger partial charge is 0.493 e. The highest BCUT2D eigenvalue weighted by molar-refractivity contribution is 7.89. The Morgan fingerprint density at radius 3 is 2.48 bits per heavy atom. The first-order valence-corrected chi connectivity index (χ1v) is 9.29. The molecule has 0 saturated carbocycles. The van der Waals surface area contributed by atoms with E-state index in [1.165, 1.54) is 43.0 Å². The van der Waals surface area contributed by atoms with Crippen LogP contribution in [0.3, 0.4) is 0 Å². The number of methoxy groups -OCH3 is 2. The van der Waals surface area contributed by atoms with Crippen LogP contribution in [0, 0.1) is 0 Å². The summed E-state index contributed by atoms with van der Waals surface area (Å²) in [5.41, 5.74) is 1.37. The van der Waals surface area contributed by atoms with Gasteiger partial charge in [0.25, 0.3) is 0 Å². The lowest BCUT2D eigenvalue weighted by Crippen LogP contribution is -2.28. The summed E-state index contributed by atoms with van der Waals surface area (Å²) in [5.74, 6) is 0.929. The zero-order chi connectivity index (χ0) is 16.9. The van der Waals surface area contributed by atoms with Crippen molar-refractivity contribution in [3.63, 3.8) is 0 Å². The molecule has 0 aromatic heterocycles. The summed E-state index contributed by atoms with van der Waals surface area (Å²) in [7, 11) is 1.11. The average molecular weight is 339 g/mol. The van der Waals surface area contributed by atoms with Gasteiger partial charge >= 0.3 is 0 Å². The highest BCUT2D eigenvalue weighted by atomic mass is 32.2. The third kappa shape index (κ3) is 4.26. The van der Waals surface area contributed by atoms with Crippen LogP contribution < -0.4 is 9.47 Å². The van der Waals surface area contributed by atoms with Gasteiger partial charge in [-0.2, -0.15) is 0 Å². The van der Waals surface area contributed by atoms with Crippen molar-refractivity contribution < 1.29 is 17.9 Å². The summed E-state index contributed by atoms with van der Waals surface area (Å²) >= 11 is 0. The highest BCUT2D eigenvalue weighted by Gasteiger charge is 2.22. The fraction of sp³-hybridized carbons (Fsp3) is 0.529. The predicted molar refractivity (Wildman–Crippen MR) is 90.5 cm³/mol. The zero-order valence-electron chi connectivity index (χ0n) is 14.0.